The van der Waals surface area contributed by atoms with E-state index in [1.807, 2.05) is 0 Å². The summed E-state index contributed by atoms with van der Waals surface area (Å²) in [4.78, 5) is 11.0. The van der Waals surface area contributed by atoms with E-state index >= 15 is 0 Å². The zero-order chi connectivity index (χ0) is 10.8. The minimum Gasteiger partial charge on any atom is -0.490 e. The molecule has 1 saturated carbocycles. The van der Waals surface area contributed by atoms with Crippen LogP contribution in [-0.2, 0) is 11.2 Å². The van der Waals surface area contributed by atoms with Crippen molar-refractivity contribution in [3.05, 3.63) is 29.6 Å². The van der Waals surface area contributed by atoms with Gasteiger partial charge in [-0.3, -0.25) is 4.79 Å². The number of halogens is 1. The van der Waals surface area contributed by atoms with Gasteiger partial charge in [0.05, 0.1) is 6.10 Å². The molecule has 3 heteroatoms. The van der Waals surface area contributed by atoms with Crippen LogP contribution in [0.5, 0.6) is 5.75 Å². The van der Waals surface area contributed by atoms with Crippen molar-refractivity contribution in [2.45, 2.75) is 32.3 Å². The van der Waals surface area contributed by atoms with Crippen molar-refractivity contribution in [1.82, 2.24) is 0 Å². The van der Waals surface area contributed by atoms with Gasteiger partial charge in [-0.1, -0.05) is 0 Å². The summed E-state index contributed by atoms with van der Waals surface area (Å²) in [7, 11) is 0. The molecule has 0 spiro atoms. The van der Waals surface area contributed by atoms with Gasteiger partial charge in [0.1, 0.15) is 17.3 Å². The van der Waals surface area contributed by atoms with Gasteiger partial charge in [-0.05, 0) is 38.0 Å². The molecule has 0 aliphatic heterocycles. The van der Waals surface area contributed by atoms with Gasteiger partial charge < -0.3 is 4.74 Å². The molecule has 0 N–H and O–H groups in total. The third-order valence-electron chi connectivity index (χ3n) is 2.28. The lowest BCUT2D eigenvalue weighted by Crippen LogP contribution is -2.03. The zero-order valence-electron chi connectivity index (χ0n) is 8.63. The van der Waals surface area contributed by atoms with Crippen LogP contribution in [0.1, 0.15) is 25.3 Å². The van der Waals surface area contributed by atoms with Crippen molar-refractivity contribution in [2.75, 3.05) is 0 Å². The molecular formula is C12H13FO2. The van der Waals surface area contributed by atoms with E-state index in [-0.39, 0.29) is 24.1 Å². The SMILES string of the molecule is CC(=O)Cc1cc(F)ccc1OC1CC1. The van der Waals surface area contributed by atoms with E-state index in [4.69, 9.17) is 4.74 Å². The summed E-state index contributed by atoms with van der Waals surface area (Å²) in [5, 5.41) is 0. The monoisotopic (exact) mass is 208 g/mol. The van der Waals surface area contributed by atoms with Crippen LogP contribution in [0.3, 0.4) is 0 Å². The largest absolute Gasteiger partial charge is 0.490 e. The molecule has 2 rings (SSSR count). The summed E-state index contributed by atoms with van der Waals surface area (Å²) in [5.74, 6) is 0.338. The summed E-state index contributed by atoms with van der Waals surface area (Å²) < 4.78 is 18.6. The molecule has 2 nitrogen and oxygen atoms in total. The number of Topliss-reactive ketones (excluding diaryl/α,β-unsaturated/α-hetero) is 1. The Kier molecular flexibility index (Phi) is 2.71. The van der Waals surface area contributed by atoms with Crippen LogP contribution in [0, 0.1) is 5.82 Å². The highest BCUT2D eigenvalue weighted by Crippen LogP contribution is 2.29. The van der Waals surface area contributed by atoms with Gasteiger partial charge in [-0.25, -0.2) is 4.39 Å². The fourth-order valence-electron chi connectivity index (χ4n) is 1.43. The molecule has 1 fully saturated rings. The Bertz CT molecular complexity index is 383. The summed E-state index contributed by atoms with van der Waals surface area (Å²) in [6.45, 7) is 1.49. The first kappa shape index (κ1) is 10.1. The van der Waals surface area contributed by atoms with E-state index in [9.17, 15) is 9.18 Å². The van der Waals surface area contributed by atoms with Crippen molar-refractivity contribution in [3.63, 3.8) is 0 Å². The molecule has 0 radical (unpaired) electrons. The van der Waals surface area contributed by atoms with Crippen LogP contribution >= 0.6 is 0 Å². The minimum atomic E-state index is -0.325. The Morgan fingerprint density at radius 1 is 1.53 bits per heavy atom. The zero-order valence-corrected chi connectivity index (χ0v) is 8.63. The fourth-order valence-corrected chi connectivity index (χ4v) is 1.43. The Hall–Kier alpha value is -1.38. The third kappa shape index (κ3) is 2.78. The first-order chi connectivity index (χ1) is 7.15. The topological polar surface area (TPSA) is 26.3 Å². The van der Waals surface area contributed by atoms with Crippen LogP contribution in [0.15, 0.2) is 18.2 Å². The average molecular weight is 208 g/mol. The quantitative estimate of drug-likeness (QED) is 0.759. The molecule has 0 amide bonds. The van der Waals surface area contributed by atoms with Crippen molar-refractivity contribution in [3.8, 4) is 5.75 Å². The molecular weight excluding hydrogens is 195 g/mol. The van der Waals surface area contributed by atoms with Gasteiger partial charge in [0.15, 0.2) is 0 Å². The van der Waals surface area contributed by atoms with Crippen molar-refractivity contribution >= 4 is 5.78 Å². The predicted molar refractivity (Wildman–Crippen MR) is 54.4 cm³/mol. The Balaban J connectivity index is 2.21. The highest BCUT2D eigenvalue weighted by molar-refractivity contribution is 5.78. The summed E-state index contributed by atoms with van der Waals surface area (Å²) in [5.41, 5.74) is 0.648. The number of hydrogen-bond acceptors (Lipinski definition) is 2. The number of rotatable bonds is 4. The maximum atomic E-state index is 13.0. The van der Waals surface area contributed by atoms with Crippen molar-refractivity contribution < 1.29 is 13.9 Å². The van der Waals surface area contributed by atoms with E-state index in [0.717, 1.165) is 12.8 Å². The number of ether oxygens (including phenoxy) is 1. The van der Waals surface area contributed by atoms with Crippen LogP contribution in [0.2, 0.25) is 0 Å². The van der Waals surface area contributed by atoms with Gasteiger partial charge in [-0.15, -0.1) is 0 Å². The number of hydrogen-bond donors (Lipinski definition) is 0. The summed E-state index contributed by atoms with van der Waals surface area (Å²) >= 11 is 0. The Morgan fingerprint density at radius 3 is 2.87 bits per heavy atom. The highest BCUT2D eigenvalue weighted by Gasteiger charge is 2.24. The van der Waals surface area contributed by atoms with Crippen molar-refractivity contribution in [2.24, 2.45) is 0 Å². The second-order valence-electron chi connectivity index (χ2n) is 3.95. The van der Waals surface area contributed by atoms with E-state index in [1.54, 1.807) is 6.07 Å². The molecule has 1 aliphatic rings. The maximum Gasteiger partial charge on any atom is 0.134 e. The lowest BCUT2D eigenvalue weighted by molar-refractivity contribution is -0.116. The normalized spacial score (nSPS) is 15.1. The molecule has 15 heavy (non-hydrogen) atoms. The first-order valence-corrected chi connectivity index (χ1v) is 5.09. The lowest BCUT2D eigenvalue weighted by atomic mass is 10.1. The van der Waals surface area contributed by atoms with Gasteiger partial charge in [0.25, 0.3) is 0 Å². The number of ketones is 1. The van der Waals surface area contributed by atoms with Crippen LogP contribution in [0.4, 0.5) is 4.39 Å². The lowest BCUT2D eigenvalue weighted by Gasteiger charge is -2.09. The second kappa shape index (κ2) is 4.01. The molecule has 80 valence electrons. The highest BCUT2D eigenvalue weighted by atomic mass is 19.1. The first-order valence-electron chi connectivity index (χ1n) is 5.09. The number of carbonyl (C=O) groups is 1. The Labute approximate surface area is 88.1 Å². The Morgan fingerprint density at radius 2 is 2.27 bits per heavy atom. The minimum absolute atomic E-state index is 0.0150. The average Bonchev–Trinajstić information content (AvgIpc) is 2.92. The predicted octanol–water partition coefficient (Wildman–Crippen LogP) is 2.50. The molecule has 1 aromatic carbocycles. The molecule has 0 saturated heterocycles. The van der Waals surface area contributed by atoms with E-state index in [0.29, 0.717) is 11.3 Å². The van der Waals surface area contributed by atoms with Gasteiger partial charge in [0, 0.05) is 12.0 Å². The number of carbonyl (C=O) groups excluding carboxylic acids is 1. The van der Waals surface area contributed by atoms with Gasteiger partial charge in [-0.2, -0.15) is 0 Å². The molecule has 0 aromatic heterocycles. The van der Waals surface area contributed by atoms with Crippen molar-refractivity contribution in [1.29, 1.82) is 0 Å². The van der Waals surface area contributed by atoms with Crippen LogP contribution in [0.25, 0.3) is 0 Å². The third-order valence-corrected chi connectivity index (χ3v) is 2.28. The second-order valence-corrected chi connectivity index (χ2v) is 3.95. The fraction of sp³-hybridized carbons (Fsp3) is 0.417. The number of benzene rings is 1. The molecule has 0 bridgehead atoms. The molecule has 0 heterocycles. The summed E-state index contributed by atoms with van der Waals surface area (Å²) in [6, 6.07) is 4.34. The van der Waals surface area contributed by atoms with Crippen LogP contribution in [-0.4, -0.2) is 11.9 Å². The maximum absolute atomic E-state index is 13.0. The standard InChI is InChI=1S/C12H13FO2/c1-8(14)6-9-7-10(13)2-5-12(9)15-11-3-4-11/h2,5,7,11H,3-4,6H2,1H3. The smallest absolute Gasteiger partial charge is 0.134 e. The molecule has 0 unspecified atom stereocenters. The summed E-state index contributed by atoms with van der Waals surface area (Å²) in [6.07, 6.45) is 2.61. The van der Waals surface area contributed by atoms with E-state index in [2.05, 4.69) is 0 Å². The molecule has 0 atom stereocenters. The van der Waals surface area contributed by atoms with Gasteiger partial charge >= 0.3 is 0 Å². The van der Waals surface area contributed by atoms with E-state index in [1.165, 1.54) is 19.1 Å². The van der Waals surface area contributed by atoms with Gasteiger partial charge in [0.2, 0.25) is 0 Å². The molecule has 1 aliphatic carbocycles. The molecule has 1 aromatic rings. The van der Waals surface area contributed by atoms with Crippen LogP contribution < -0.4 is 4.74 Å². The van der Waals surface area contributed by atoms with E-state index < -0.39 is 0 Å².